The number of pyridine rings is 1. The molecule has 9 heteroatoms. The molecule has 0 spiro atoms. The molecule has 22 heavy (non-hydrogen) atoms. The number of thiophene rings is 1. The van der Waals surface area contributed by atoms with Gasteiger partial charge in [-0.05, 0) is 24.3 Å². The number of rotatable bonds is 4. The molecule has 3 rings (SSSR count). The number of hydrogen-bond acceptors (Lipinski definition) is 6. The van der Waals surface area contributed by atoms with Gasteiger partial charge < -0.3 is 14.8 Å². The Kier molecular flexibility index (Phi) is 4.03. The van der Waals surface area contributed by atoms with Crippen LogP contribution in [0.3, 0.4) is 0 Å². The van der Waals surface area contributed by atoms with Crippen LogP contribution in [0.5, 0.6) is 0 Å². The fourth-order valence-corrected chi connectivity index (χ4v) is 2.67. The van der Waals surface area contributed by atoms with E-state index in [2.05, 4.69) is 20.4 Å². The molecule has 0 fully saturated rings. The summed E-state index contributed by atoms with van der Waals surface area (Å²) in [5.41, 5.74) is -0.0130. The molecule has 3 heterocycles. The SMILES string of the molecule is O=C(NCc1nc(-c2ccc[nH]c2=O)no1)c1ccc(Cl)s1. The van der Waals surface area contributed by atoms with E-state index in [-0.39, 0.29) is 29.7 Å². The minimum absolute atomic E-state index is 0.0616. The predicted octanol–water partition coefficient (Wildman–Crippen LogP) is 2.07. The molecular weight excluding hydrogens is 328 g/mol. The number of carbonyl (C=O) groups excluding carboxylic acids is 1. The highest BCUT2D eigenvalue weighted by molar-refractivity contribution is 7.17. The number of H-pyrrole nitrogens is 1. The molecule has 0 radical (unpaired) electrons. The summed E-state index contributed by atoms with van der Waals surface area (Å²) in [4.78, 5) is 30.6. The first-order valence-corrected chi connectivity index (χ1v) is 7.37. The highest BCUT2D eigenvalue weighted by Crippen LogP contribution is 2.21. The number of aromatic nitrogens is 3. The van der Waals surface area contributed by atoms with Crippen LogP contribution in [-0.4, -0.2) is 21.0 Å². The number of nitrogens with one attached hydrogen (secondary N) is 2. The fraction of sp³-hybridized carbons (Fsp3) is 0.0769. The third kappa shape index (κ3) is 3.07. The zero-order chi connectivity index (χ0) is 15.5. The molecule has 0 saturated carbocycles. The lowest BCUT2D eigenvalue weighted by Crippen LogP contribution is -2.21. The van der Waals surface area contributed by atoms with E-state index in [0.29, 0.717) is 14.8 Å². The Labute approximate surface area is 132 Å². The lowest BCUT2D eigenvalue weighted by molar-refractivity contribution is 0.0950. The van der Waals surface area contributed by atoms with Crippen molar-refractivity contribution in [3.8, 4) is 11.4 Å². The molecule has 0 aliphatic rings. The van der Waals surface area contributed by atoms with Crippen molar-refractivity contribution in [3.05, 3.63) is 55.9 Å². The lowest BCUT2D eigenvalue weighted by Gasteiger charge is -1.98. The Morgan fingerprint density at radius 2 is 2.27 bits per heavy atom. The Morgan fingerprint density at radius 3 is 3.00 bits per heavy atom. The van der Waals surface area contributed by atoms with Gasteiger partial charge >= 0.3 is 0 Å². The molecular formula is C13H9ClN4O3S. The molecule has 112 valence electrons. The molecule has 3 aromatic rings. The first kappa shape index (κ1) is 14.5. The van der Waals surface area contributed by atoms with Crippen molar-refractivity contribution in [1.82, 2.24) is 20.4 Å². The quantitative estimate of drug-likeness (QED) is 0.759. The van der Waals surface area contributed by atoms with Gasteiger partial charge in [-0.15, -0.1) is 11.3 Å². The van der Waals surface area contributed by atoms with Gasteiger partial charge in [0.2, 0.25) is 11.7 Å². The van der Waals surface area contributed by atoms with Crippen molar-refractivity contribution >= 4 is 28.8 Å². The summed E-state index contributed by atoms with van der Waals surface area (Å²) in [6.45, 7) is 0.0616. The van der Waals surface area contributed by atoms with Crippen LogP contribution >= 0.6 is 22.9 Å². The number of hydrogen-bond donors (Lipinski definition) is 2. The summed E-state index contributed by atoms with van der Waals surface area (Å²) in [6, 6.07) is 6.52. The maximum absolute atomic E-state index is 11.9. The van der Waals surface area contributed by atoms with Gasteiger partial charge in [-0.2, -0.15) is 4.98 Å². The number of nitrogens with zero attached hydrogens (tertiary/aromatic N) is 2. The summed E-state index contributed by atoms with van der Waals surface area (Å²) in [5.74, 6) is 0.0914. The molecule has 0 atom stereocenters. The molecule has 2 N–H and O–H groups in total. The minimum Gasteiger partial charge on any atom is -0.342 e. The normalized spacial score (nSPS) is 10.6. The first-order valence-electron chi connectivity index (χ1n) is 6.17. The lowest BCUT2D eigenvalue weighted by atomic mass is 10.3. The monoisotopic (exact) mass is 336 g/mol. The highest BCUT2D eigenvalue weighted by Gasteiger charge is 2.13. The Morgan fingerprint density at radius 1 is 1.41 bits per heavy atom. The van der Waals surface area contributed by atoms with E-state index < -0.39 is 0 Å². The van der Waals surface area contributed by atoms with Crippen LogP contribution in [0.15, 0.2) is 39.8 Å². The molecule has 0 unspecified atom stereocenters. The summed E-state index contributed by atoms with van der Waals surface area (Å²) in [6.07, 6.45) is 1.51. The third-order valence-corrected chi connectivity index (χ3v) is 3.95. The highest BCUT2D eigenvalue weighted by atomic mass is 35.5. The van der Waals surface area contributed by atoms with E-state index in [0.717, 1.165) is 0 Å². The van der Waals surface area contributed by atoms with Crippen LogP contribution in [0.25, 0.3) is 11.4 Å². The second kappa shape index (κ2) is 6.12. The molecule has 7 nitrogen and oxygen atoms in total. The largest absolute Gasteiger partial charge is 0.342 e. The van der Waals surface area contributed by atoms with Crippen molar-refractivity contribution < 1.29 is 9.32 Å². The Bertz CT molecular complexity index is 870. The smallest absolute Gasteiger partial charge is 0.261 e. The molecule has 0 saturated heterocycles. The van der Waals surface area contributed by atoms with Crippen LogP contribution in [0.4, 0.5) is 0 Å². The predicted molar refractivity (Wildman–Crippen MR) is 80.9 cm³/mol. The van der Waals surface area contributed by atoms with Gasteiger partial charge in [0.25, 0.3) is 11.5 Å². The van der Waals surface area contributed by atoms with Gasteiger partial charge in [0, 0.05) is 6.20 Å². The Balaban J connectivity index is 1.69. The average Bonchev–Trinajstić information content (AvgIpc) is 3.14. The first-order chi connectivity index (χ1) is 10.6. The van der Waals surface area contributed by atoms with Crippen LogP contribution in [0.2, 0.25) is 4.34 Å². The van der Waals surface area contributed by atoms with Crippen molar-refractivity contribution in [1.29, 1.82) is 0 Å². The zero-order valence-corrected chi connectivity index (χ0v) is 12.6. The van der Waals surface area contributed by atoms with Crippen LogP contribution in [-0.2, 0) is 6.54 Å². The van der Waals surface area contributed by atoms with E-state index in [1.165, 1.54) is 17.5 Å². The van der Waals surface area contributed by atoms with E-state index in [1.54, 1.807) is 24.3 Å². The zero-order valence-electron chi connectivity index (χ0n) is 11.0. The maximum Gasteiger partial charge on any atom is 0.261 e. The van der Waals surface area contributed by atoms with E-state index >= 15 is 0 Å². The van der Waals surface area contributed by atoms with Crippen molar-refractivity contribution in [3.63, 3.8) is 0 Å². The van der Waals surface area contributed by atoms with Gasteiger partial charge in [0.1, 0.15) is 0 Å². The van der Waals surface area contributed by atoms with Crippen LogP contribution in [0, 0.1) is 0 Å². The molecule has 0 aromatic carbocycles. The fourth-order valence-electron chi connectivity index (χ4n) is 1.71. The van der Waals surface area contributed by atoms with E-state index in [1.807, 2.05) is 0 Å². The molecule has 0 aliphatic carbocycles. The summed E-state index contributed by atoms with van der Waals surface area (Å²) in [7, 11) is 0. The number of aromatic amines is 1. The second-order valence-electron chi connectivity index (χ2n) is 4.21. The van der Waals surface area contributed by atoms with Gasteiger partial charge in [-0.25, -0.2) is 0 Å². The van der Waals surface area contributed by atoms with Crippen molar-refractivity contribution in [2.24, 2.45) is 0 Å². The van der Waals surface area contributed by atoms with Gasteiger partial charge in [0.05, 0.1) is 21.3 Å². The number of amides is 1. The van der Waals surface area contributed by atoms with Crippen LogP contribution in [0.1, 0.15) is 15.6 Å². The maximum atomic E-state index is 11.9. The summed E-state index contributed by atoms with van der Waals surface area (Å²) < 4.78 is 5.55. The molecule has 0 aliphatic heterocycles. The number of carbonyl (C=O) groups is 1. The van der Waals surface area contributed by atoms with Crippen molar-refractivity contribution in [2.45, 2.75) is 6.54 Å². The molecule has 3 aromatic heterocycles. The van der Waals surface area contributed by atoms with E-state index in [9.17, 15) is 9.59 Å². The second-order valence-corrected chi connectivity index (χ2v) is 5.93. The molecule has 1 amide bonds. The Hall–Kier alpha value is -2.45. The standard InChI is InChI=1S/C13H9ClN4O3S/c14-9-4-3-8(22-9)13(20)16-6-10-17-11(18-21-10)7-2-1-5-15-12(7)19/h1-5H,6H2,(H,15,19)(H,16,20). The van der Waals surface area contributed by atoms with E-state index in [4.69, 9.17) is 16.1 Å². The minimum atomic E-state index is -0.313. The van der Waals surface area contributed by atoms with Crippen LogP contribution < -0.4 is 10.9 Å². The summed E-state index contributed by atoms with van der Waals surface area (Å²) in [5, 5.41) is 6.36. The van der Waals surface area contributed by atoms with Gasteiger partial charge in [-0.1, -0.05) is 16.8 Å². The topological polar surface area (TPSA) is 101 Å². The van der Waals surface area contributed by atoms with Gasteiger partial charge in [-0.3, -0.25) is 9.59 Å². The molecule has 0 bridgehead atoms. The average molecular weight is 337 g/mol. The summed E-state index contributed by atoms with van der Waals surface area (Å²) >= 11 is 6.95. The van der Waals surface area contributed by atoms with Crippen molar-refractivity contribution in [2.75, 3.05) is 0 Å². The van der Waals surface area contributed by atoms with Gasteiger partial charge in [0.15, 0.2) is 0 Å². The third-order valence-electron chi connectivity index (χ3n) is 2.72. The number of halogens is 1.